The number of nitrogens with one attached hydrogen (secondary N) is 1. The molecule has 2 aromatic heterocycles. The zero-order valence-electron chi connectivity index (χ0n) is 21.2. The third kappa shape index (κ3) is 8.24. The van der Waals surface area contributed by atoms with Gasteiger partial charge in [-0.25, -0.2) is 9.97 Å². The Hall–Kier alpha value is -1.04. The summed E-state index contributed by atoms with van der Waals surface area (Å²) in [6, 6.07) is 8.04. The van der Waals surface area contributed by atoms with E-state index in [1.54, 1.807) is 17.5 Å². The van der Waals surface area contributed by atoms with Gasteiger partial charge in [0.1, 0.15) is 5.69 Å². The molecule has 0 atom stereocenters. The number of fused-ring (bicyclic) bond motifs is 1. The fraction of sp³-hybridized carbons (Fsp3) is 0.480. The maximum atomic E-state index is 12.9. The Morgan fingerprint density at radius 1 is 1.05 bits per heavy atom. The summed E-state index contributed by atoms with van der Waals surface area (Å²) < 4.78 is 1.06. The molecule has 0 spiro atoms. The summed E-state index contributed by atoms with van der Waals surface area (Å²) in [6.45, 7) is 8.08. The number of hydrogen-bond acceptors (Lipinski definition) is 8. The molecule has 0 bridgehead atoms. The Balaban J connectivity index is 0.00000169. The van der Waals surface area contributed by atoms with E-state index in [1.807, 2.05) is 34.9 Å². The first kappa shape index (κ1) is 33.2. The van der Waals surface area contributed by atoms with E-state index in [-0.39, 0.29) is 43.1 Å². The number of carbonyl (C=O) groups excluding carboxylic acids is 1. The summed E-state index contributed by atoms with van der Waals surface area (Å²) in [6.07, 6.45) is 2.71. The number of hydrogen-bond donors (Lipinski definition) is 1. The van der Waals surface area contributed by atoms with Crippen LogP contribution >= 0.6 is 71.9 Å². The molecule has 0 aliphatic carbocycles. The maximum absolute atomic E-state index is 12.9. The average molecular weight is 641 g/mol. The number of piperazine rings is 1. The molecule has 210 valence electrons. The third-order valence-corrected chi connectivity index (χ3v) is 8.90. The zero-order chi connectivity index (χ0) is 24.2. The number of anilines is 1. The molecular weight excluding hydrogens is 606 g/mol. The number of amides is 1. The van der Waals surface area contributed by atoms with E-state index in [4.69, 9.17) is 16.6 Å². The largest absolute Gasteiger partial charge is 0.354 e. The Morgan fingerprint density at radius 3 is 2.53 bits per heavy atom. The van der Waals surface area contributed by atoms with Crippen LogP contribution in [0.4, 0.5) is 5.95 Å². The summed E-state index contributed by atoms with van der Waals surface area (Å²) in [5.74, 6) is 2.73. The van der Waals surface area contributed by atoms with E-state index in [1.165, 1.54) is 0 Å². The highest BCUT2D eigenvalue weighted by Gasteiger charge is 2.20. The molecule has 4 heterocycles. The van der Waals surface area contributed by atoms with Gasteiger partial charge < -0.3 is 20.0 Å². The molecule has 7 nitrogen and oxygen atoms in total. The number of halogens is 4. The number of rotatable bonds is 7. The van der Waals surface area contributed by atoms with Gasteiger partial charge in [-0.3, -0.25) is 4.79 Å². The van der Waals surface area contributed by atoms with Gasteiger partial charge in [-0.1, -0.05) is 17.7 Å². The maximum Gasteiger partial charge on any atom is 0.253 e. The summed E-state index contributed by atoms with van der Waals surface area (Å²) in [7, 11) is 2.18. The van der Waals surface area contributed by atoms with E-state index in [2.05, 4.69) is 33.2 Å². The van der Waals surface area contributed by atoms with Gasteiger partial charge in [0.25, 0.3) is 5.91 Å². The molecule has 0 radical (unpaired) electrons. The van der Waals surface area contributed by atoms with E-state index >= 15 is 0 Å². The summed E-state index contributed by atoms with van der Waals surface area (Å²) in [4.78, 5) is 29.8. The van der Waals surface area contributed by atoms with Crippen molar-refractivity contribution in [3.8, 4) is 10.6 Å². The molecule has 38 heavy (non-hydrogen) atoms. The fourth-order valence-electron chi connectivity index (χ4n) is 4.43. The van der Waals surface area contributed by atoms with E-state index in [0.717, 1.165) is 96.5 Å². The van der Waals surface area contributed by atoms with Gasteiger partial charge in [-0.05, 0) is 43.6 Å². The van der Waals surface area contributed by atoms with E-state index in [0.29, 0.717) is 11.0 Å². The minimum Gasteiger partial charge on any atom is -0.354 e. The third-order valence-electron chi connectivity index (χ3n) is 6.57. The SMILES string of the molecule is CN1CCN(CCCNc2ncc(Cl)c(-c3cc4ccc(C(=O)N5CCSCC5)cc4s3)n2)CC1.Cl.Cl.Cl. The first-order valence-electron chi connectivity index (χ1n) is 12.1. The molecule has 2 saturated heterocycles. The van der Waals surface area contributed by atoms with Crippen LogP contribution in [0.15, 0.2) is 30.5 Å². The van der Waals surface area contributed by atoms with Crippen molar-refractivity contribution in [3.05, 3.63) is 41.0 Å². The Morgan fingerprint density at radius 2 is 1.79 bits per heavy atom. The average Bonchev–Trinajstić information content (AvgIpc) is 3.32. The topological polar surface area (TPSA) is 64.6 Å². The second-order valence-corrected chi connectivity index (χ2v) is 11.8. The second-order valence-electron chi connectivity index (χ2n) is 9.08. The lowest BCUT2D eigenvalue weighted by Gasteiger charge is -2.32. The first-order chi connectivity index (χ1) is 17.1. The van der Waals surface area contributed by atoms with Gasteiger partial charge in [0.2, 0.25) is 5.95 Å². The van der Waals surface area contributed by atoms with Crippen molar-refractivity contribution in [3.63, 3.8) is 0 Å². The number of thiophene rings is 1. The molecule has 5 rings (SSSR count). The summed E-state index contributed by atoms with van der Waals surface area (Å²) >= 11 is 10.0. The zero-order valence-corrected chi connectivity index (χ0v) is 26.1. The van der Waals surface area contributed by atoms with Crippen molar-refractivity contribution in [2.45, 2.75) is 6.42 Å². The van der Waals surface area contributed by atoms with Gasteiger partial charge in [0, 0.05) is 67.6 Å². The van der Waals surface area contributed by atoms with Gasteiger partial charge in [0.05, 0.1) is 16.1 Å². The van der Waals surface area contributed by atoms with Crippen LogP contribution in [0, 0.1) is 0 Å². The van der Waals surface area contributed by atoms with Crippen LogP contribution in [0.2, 0.25) is 5.02 Å². The summed E-state index contributed by atoms with van der Waals surface area (Å²) in [5, 5.41) is 4.98. The molecule has 1 amide bonds. The molecule has 2 fully saturated rings. The minimum absolute atomic E-state index is 0. The highest BCUT2D eigenvalue weighted by atomic mass is 35.5. The molecule has 1 aromatic carbocycles. The number of nitrogens with zero attached hydrogens (tertiary/aromatic N) is 5. The van der Waals surface area contributed by atoms with Gasteiger partial charge in [-0.15, -0.1) is 48.6 Å². The Labute approximate surface area is 256 Å². The van der Waals surface area contributed by atoms with Crippen molar-refractivity contribution < 1.29 is 4.79 Å². The van der Waals surface area contributed by atoms with Crippen LogP contribution in [0.3, 0.4) is 0 Å². The first-order valence-corrected chi connectivity index (χ1v) is 14.5. The van der Waals surface area contributed by atoms with Gasteiger partial charge in [0.15, 0.2) is 0 Å². The number of carbonyl (C=O) groups is 1. The van der Waals surface area contributed by atoms with Crippen LogP contribution < -0.4 is 5.32 Å². The Kier molecular flexibility index (Phi) is 13.7. The number of benzene rings is 1. The van der Waals surface area contributed by atoms with Crippen LogP contribution in [0.25, 0.3) is 20.7 Å². The van der Waals surface area contributed by atoms with Crippen molar-refractivity contribution in [1.29, 1.82) is 0 Å². The van der Waals surface area contributed by atoms with Crippen molar-refractivity contribution in [2.24, 2.45) is 0 Å². The quantitative estimate of drug-likeness (QED) is 0.342. The standard InChI is InChI=1S/C25H31ClN6OS2.3ClH/c1-30-7-9-31(10-8-30)6-2-5-27-25-28-17-20(26)23(29-25)22-15-18-3-4-19(16-21(18)35-22)24(33)32-11-13-34-14-12-32;;;/h3-4,15-17H,2,5-14H2,1H3,(H,27,28,29);3*1H. The number of thioether (sulfide) groups is 1. The smallest absolute Gasteiger partial charge is 0.253 e. The predicted octanol–water partition coefficient (Wildman–Crippen LogP) is 5.52. The van der Waals surface area contributed by atoms with Crippen molar-refractivity contribution >= 4 is 93.9 Å². The van der Waals surface area contributed by atoms with Crippen LogP contribution in [-0.4, -0.2) is 101 Å². The lowest BCUT2D eigenvalue weighted by atomic mass is 10.1. The molecule has 2 aliphatic rings. The molecule has 0 unspecified atom stereocenters. The molecule has 3 aromatic rings. The summed E-state index contributed by atoms with van der Waals surface area (Å²) in [5.41, 5.74) is 1.47. The molecular formula is C25H34Cl4N6OS2. The monoisotopic (exact) mass is 638 g/mol. The second kappa shape index (κ2) is 15.7. The van der Waals surface area contributed by atoms with Crippen molar-refractivity contribution in [2.75, 3.05) is 76.2 Å². The molecule has 2 aliphatic heterocycles. The van der Waals surface area contributed by atoms with E-state index < -0.39 is 0 Å². The minimum atomic E-state index is 0. The fourth-order valence-corrected chi connectivity index (χ4v) is 6.69. The Bertz CT molecular complexity index is 1190. The number of aromatic nitrogens is 2. The van der Waals surface area contributed by atoms with Gasteiger partial charge >= 0.3 is 0 Å². The van der Waals surface area contributed by atoms with Crippen LogP contribution in [0.5, 0.6) is 0 Å². The predicted molar refractivity (Wildman–Crippen MR) is 170 cm³/mol. The van der Waals surface area contributed by atoms with Crippen molar-refractivity contribution in [1.82, 2.24) is 24.7 Å². The van der Waals surface area contributed by atoms with E-state index in [9.17, 15) is 4.79 Å². The normalized spacial score (nSPS) is 16.3. The molecule has 13 heteroatoms. The highest BCUT2D eigenvalue weighted by molar-refractivity contribution is 7.99. The van der Waals surface area contributed by atoms with Gasteiger partial charge in [-0.2, -0.15) is 11.8 Å². The lowest BCUT2D eigenvalue weighted by Crippen LogP contribution is -2.44. The lowest BCUT2D eigenvalue weighted by molar-refractivity contribution is 0.0772. The van der Waals surface area contributed by atoms with Crippen LogP contribution in [0.1, 0.15) is 16.8 Å². The number of likely N-dealkylation sites (N-methyl/N-ethyl adjacent to an activating group) is 1. The molecule has 1 N–H and O–H groups in total. The molecule has 0 saturated carbocycles. The van der Waals surface area contributed by atoms with Crippen LogP contribution in [-0.2, 0) is 0 Å². The highest BCUT2D eigenvalue weighted by Crippen LogP contribution is 2.36.